The van der Waals surface area contributed by atoms with Gasteiger partial charge in [0.25, 0.3) is 0 Å². The van der Waals surface area contributed by atoms with Crippen molar-refractivity contribution >= 4 is 11.9 Å². The summed E-state index contributed by atoms with van der Waals surface area (Å²) in [4.78, 5) is 4.66. The van der Waals surface area contributed by atoms with Crippen LogP contribution in [0.25, 0.3) is 0 Å². The summed E-state index contributed by atoms with van der Waals surface area (Å²) in [6.45, 7) is 6.79. The smallest absolute Gasteiger partial charge is 0.128 e. The van der Waals surface area contributed by atoms with Gasteiger partial charge in [0.1, 0.15) is 12.4 Å². The molecule has 0 atom stereocenters. The van der Waals surface area contributed by atoms with Crippen LogP contribution in [0, 0.1) is 20.8 Å². The first-order valence-corrected chi connectivity index (χ1v) is 8.50. The van der Waals surface area contributed by atoms with Crippen LogP contribution in [-0.4, -0.2) is 6.21 Å². The van der Waals surface area contributed by atoms with E-state index in [4.69, 9.17) is 4.74 Å². The van der Waals surface area contributed by atoms with Crippen LogP contribution in [0.2, 0.25) is 0 Å². The number of nitrogens with zero attached hydrogens (tertiary/aromatic N) is 1. The predicted molar refractivity (Wildman–Crippen MR) is 105 cm³/mol. The largest absolute Gasteiger partial charge is 0.488 e. The number of rotatable bonds is 5. The van der Waals surface area contributed by atoms with Crippen LogP contribution >= 0.6 is 0 Å². The maximum Gasteiger partial charge on any atom is 0.128 e. The van der Waals surface area contributed by atoms with E-state index in [1.54, 1.807) is 0 Å². The molecule has 0 aliphatic heterocycles. The number of aliphatic imine (C=N–C) groups is 1. The molecule has 0 saturated heterocycles. The summed E-state index contributed by atoms with van der Waals surface area (Å²) in [7, 11) is 0. The zero-order valence-electron chi connectivity index (χ0n) is 15.0. The third-order valence-corrected chi connectivity index (χ3v) is 4.14. The van der Waals surface area contributed by atoms with Gasteiger partial charge in [0.2, 0.25) is 0 Å². The van der Waals surface area contributed by atoms with E-state index in [1.165, 1.54) is 16.7 Å². The van der Waals surface area contributed by atoms with E-state index in [2.05, 4.69) is 68.2 Å². The lowest BCUT2D eigenvalue weighted by atomic mass is 10.1. The molecule has 0 unspecified atom stereocenters. The lowest BCUT2D eigenvalue weighted by molar-refractivity contribution is 0.306. The summed E-state index contributed by atoms with van der Waals surface area (Å²) in [5, 5.41) is 0. The van der Waals surface area contributed by atoms with Gasteiger partial charge in [0.15, 0.2) is 0 Å². The molecule has 0 saturated carbocycles. The second-order valence-electron chi connectivity index (χ2n) is 6.36. The zero-order valence-corrected chi connectivity index (χ0v) is 15.0. The SMILES string of the molecule is Cc1ccc(COc2ccccc2C=Nc2cc(C)ccc2C)cc1. The zero-order chi connectivity index (χ0) is 17.6. The monoisotopic (exact) mass is 329 g/mol. The topological polar surface area (TPSA) is 21.6 Å². The number of hydrogen-bond acceptors (Lipinski definition) is 2. The van der Waals surface area contributed by atoms with Crippen molar-refractivity contribution < 1.29 is 4.74 Å². The minimum absolute atomic E-state index is 0.550. The van der Waals surface area contributed by atoms with Crippen molar-refractivity contribution in [1.29, 1.82) is 0 Å². The first kappa shape index (κ1) is 17.0. The number of hydrogen-bond donors (Lipinski definition) is 0. The lowest BCUT2D eigenvalue weighted by Crippen LogP contribution is -1.98. The molecule has 0 aromatic heterocycles. The van der Waals surface area contributed by atoms with Gasteiger partial charge in [-0.1, -0.05) is 54.1 Å². The van der Waals surface area contributed by atoms with Crippen LogP contribution in [-0.2, 0) is 6.61 Å². The second kappa shape index (κ2) is 7.80. The van der Waals surface area contributed by atoms with Crippen LogP contribution in [0.5, 0.6) is 5.75 Å². The van der Waals surface area contributed by atoms with Gasteiger partial charge in [-0.15, -0.1) is 0 Å². The van der Waals surface area contributed by atoms with Gasteiger partial charge >= 0.3 is 0 Å². The first-order chi connectivity index (χ1) is 12.1. The maximum atomic E-state index is 6.01. The van der Waals surface area contributed by atoms with E-state index >= 15 is 0 Å². The Balaban J connectivity index is 1.77. The molecule has 0 heterocycles. The maximum absolute atomic E-state index is 6.01. The highest BCUT2D eigenvalue weighted by atomic mass is 16.5. The molecule has 0 amide bonds. The summed E-state index contributed by atoms with van der Waals surface area (Å²) in [5.74, 6) is 0.845. The normalized spacial score (nSPS) is 11.0. The third-order valence-electron chi connectivity index (χ3n) is 4.14. The molecule has 126 valence electrons. The van der Waals surface area contributed by atoms with Gasteiger partial charge in [-0.3, -0.25) is 4.99 Å². The Labute approximate surface area is 149 Å². The highest BCUT2D eigenvalue weighted by molar-refractivity contribution is 5.85. The summed E-state index contributed by atoms with van der Waals surface area (Å²) in [6.07, 6.45) is 1.88. The first-order valence-electron chi connectivity index (χ1n) is 8.50. The van der Waals surface area contributed by atoms with Crippen LogP contribution < -0.4 is 4.74 Å². The quantitative estimate of drug-likeness (QED) is 0.531. The molecule has 0 aliphatic carbocycles. The van der Waals surface area contributed by atoms with Crippen molar-refractivity contribution in [3.05, 3.63) is 94.5 Å². The van der Waals surface area contributed by atoms with Crippen LogP contribution in [0.4, 0.5) is 5.69 Å². The fourth-order valence-electron chi connectivity index (χ4n) is 2.56. The van der Waals surface area contributed by atoms with E-state index in [0.717, 1.165) is 22.6 Å². The Morgan fingerprint density at radius 2 is 1.56 bits per heavy atom. The van der Waals surface area contributed by atoms with E-state index in [1.807, 2.05) is 30.5 Å². The molecule has 3 aromatic rings. The predicted octanol–water partition coefficient (Wildman–Crippen LogP) is 5.94. The molecule has 3 rings (SSSR count). The van der Waals surface area contributed by atoms with Crippen LogP contribution in [0.1, 0.15) is 27.8 Å². The van der Waals surface area contributed by atoms with E-state index in [0.29, 0.717) is 6.61 Å². The van der Waals surface area contributed by atoms with Crippen molar-refractivity contribution in [2.45, 2.75) is 27.4 Å². The van der Waals surface area contributed by atoms with Crippen molar-refractivity contribution in [2.24, 2.45) is 4.99 Å². The average Bonchev–Trinajstić information content (AvgIpc) is 2.63. The summed E-state index contributed by atoms with van der Waals surface area (Å²) in [6, 6.07) is 22.7. The Bertz CT molecular complexity index is 879. The molecular weight excluding hydrogens is 306 g/mol. The molecule has 0 N–H and O–H groups in total. The fraction of sp³-hybridized carbons (Fsp3) is 0.174. The molecule has 25 heavy (non-hydrogen) atoms. The second-order valence-corrected chi connectivity index (χ2v) is 6.36. The van der Waals surface area contributed by atoms with Gasteiger partial charge in [-0.05, 0) is 55.7 Å². The Morgan fingerprint density at radius 1 is 0.840 bits per heavy atom. The summed E-state index contributed by atoms with van der Waals surface area (Å²) >= 11 is 0. The van der Waals surface area contributed by atoms with Gasteiger partial charge in [-0.25, -0.2) is 0 Å². The van der Waals surface area contributed by atoms with Gasteiger partial charge in [0, 0.05) is 11.8 Å². The van der Waals surface area contributed by atoms with Crippen molar-refractivity contribution in [3.8, 4) is 5.75 Å². The highest BCUT2D eigenvalue weighted by Gasteiger charge is 2.02. The van der Waals surface area contributed by atoms with Crippen molar-refractivity contribution in [1.82, 2.24) is 0 Å². The molecule has 0 fully saturated rings. The Hall–Kier alpha value is -2.87. The Kier molecular flexibility index (Phi) is 5.30. The van der Waals surface area contributed by atoms with Gasteiger partial charge < -0.3 is 4.74 Å². The molecule has 0 aliphatic rings. The highest BCUT2D eigenvalue weighted by Crippen LogP contribution is 2.22. The van der Waals surface area contributed by atoms with Crippen molar-refractivity contribution in [3.63, 3.8) is 0 Å². The van der Waals surface area contributed by atoms with Crippen molar-refractivity contribution in [2.75, 3.05) is 0 Å². The molecule has 2 heteroatoms. The summed E-state index contributed by atoms with van der Waals surface area (Å²) < 4.78 is 6.01. The average molecular weight is 329 g/mol. The molecular formula is C23H23NO. The molecule has 2 nitrogen and oxygen atoms in total. The standard InChI is InChI=1S/C23H23NO/c1-17-9-12-20(13-10-17)16-25-23-7-5-4-6-21(23)15-24-22-14-18(2)8-11-19(22)3/h4-15H,16H2,1-3H3. The minimum Gasteiger partial charge on any atom is -0.488 e. The number of para-hydroxylation sites is 1. The fourth-order valence-corrected chi connectivity index (χ4v) is 2.56. The number of ether oxygens (including phenoxy) is 1. The van der Waals surface area contributed by atoms with Crippen LogP contribution in [0.3, 0.4) is 0 Å². The number of aryl methyl sites for hydroxylation is 3. The van der Waals surface area contributed by atoms with E-state index in [9.17, 15) is 0 Å². The lowest BCUT2D eigenvalue weighted by Gasteiger charge is -2.09. The van der Waals surface area contributed by atoms with E-state index in [-0.39, 0.29) is 0 Å². The minimum atomic E-state index is 0.550. The van der Waals surface area contributed by atoms with Gasteiger partial charge in [0.05, 0.1) is 5.69 Å². The molecule has 0 bridgehead atoms. The van der Waals surface area contributed by atoms with E-state index < -0.39 is 0 Å². The molecule has 3 aromatic carbocycles. The molecule has 0 radical (unpaired) electrons. The molecule has 0 spiro atoms. The third kappa shape index (κ3) is 4.57. The summed E-state index contributed by atoms with van der Waals surface area (Å²) in [5.41, 5.74) is 6.77. The van der Waals surface area contributed by atoms with Crippen LogP contribution in [0.15, 0.2) is 71.7 Å². The van der Waals surface area contributed by atoms with Gasteiger partial charge in [-0.2, -0.15) is 0 Å². The number of benzene rings is 3. The Morgan fingerprint density at radius 3 is 2.36 bits per heavy atom.